The van der Waals surface area contributed by atoms with Crippen LogP contribution in [-0.4, -0.2) is 35.1 Å². The minimum Gasteiger partial charge on any atom is -0.378 e. The zero-order chi connectivity index (χ0) is 15.0. The first kappa shape index (κ1) is 15.0. The van der Waals surface area contributed by atoms with Crippen LogP contribution in [0.2, 0.25) is 0 Å². The lowest BCUT2D eigenvalue weighted by molar-refractivity contribution is -0.141. The second kappa shape index (κ2) is 5.71. The molecular formula is C16H24N2O2S. The molecule has 2 unspecified atom stereocenters. The molecule has 1 aromatic heterocycles. The van der Waals surface area contributed by atoms with E-state index in [4.69, 9.17) is 4.74 Å². The van der Waals surface area contributed by atoms with Crippen molar-refractivity contribution in [3.63, 3.8) is 0 Å². The van der Waals surface area contributed by atoms with E-state index in [1.54, 1.807) is 11.3 Å². The second-order valence-corrected chi connectivity index (χ2v) is 6.98. The Morgan fingerprint density at radius 1 is 1.48 bits per heavy atom. The number of nitrogens with one attached hydrogen (secondary N) is 1. The SMILES string of the molecule is CCOC1CC(N2C(=O)C(C)(CC)NC2c2ccsc2)C1. The van der Waals surface area contributed by atoms with Gasteiger partial charge in [0.2, 0.25) is 5.91 Å². The largest absolute Gasteiger partial charge is 0.378 e. The van der Waals surface area contributed by atoms with Crippen molar-refractivity contribution in [2.75, 3.05) is 6.61 Å². The van der Waals surface area contributed by atoms with Gasteiger partial charge in [0.05, 0.1) is 11.6 Å². The van der Waals surface area contributed by atoms with Gasteiger partial charge in [0.1, 0.15) is 6.17 Å². The highest BCUT2D eigenvalue weighted by Gasteiger charge is 2.52. The van der Waals surface area contributed by atoms with E-state index >= 15 is 0 Å². The molecule has 1 amide bonds. The number of carbonyl (C=O) groups is 1. The molecule has 116 valence electrons. The van der Waals surface area contributed by atoms with Crippen LogP contribution in [0.3, 0.4) is 0 Å². The summed E-state index contributed by atoms with van der Waals surface area (Å²) in [6, 6.07) is 2.42. The van der Waals surface area contributed by atoms with E-state index in [-0.39, 0.29) is 12.1 Å². The van der Waals surface area contributed by atoms with E-state index in [0.717, 1.165) is 25.9 Å². The third kappa shape index (κ3) is 2.51. The zero-order valence-corrected chi connectivity index (χ0v) is 13.8. The number of carbonyl (C=O) groups excluding carboxylic acids is 1. The molecule has 2 aliphatic rings. The van der Waals surface area contributed by atoms with Gasteiger partial charge in [0, 0.05) is 12.6 Å². The average molecular weight is 308 g/mol. The van der Waals surface area contributed by atoms with Crippen molar-refractivity contribution >= 4 is 17.2 Å². The maximum absolute atomic E-state index is 12.9. The Morgan fingerprint density at radius 3 is 2.81 bits per heavy atom. The molecule has 1 aromatic rings. The number of rotatable bonds is 5. The molecule has 2 atom stereocenters. The van der Waals surface area contributed by atoms with E-state index in [0.29, 0.717) is 12.1 Å². The second-order valence-electron chi connectivity index (χ2n) is 6.20. The van der Waals surface area contributed by atoms with Crippen LogP contribution in [0.1, 0.15) is 51.8 Å². The van der Waals surface area contributed by atoms with E-state index < -0.39 is 5.54 Å². The van der Waals surface area contributed by atoms with Crippen LogP contribution in [0.15, 0.2) is 16.8 Å². The first-order valence-electron chi connectivity index (χ1n) is 7.83. The summed E-state index contributed by atoms with van der Waals surface area (Å²) in [5.41, 5.74) is 0.758. The molecular weight excluding hydrogens is 284 g/mol. The van der Waals surface area contributed by atoms with Crippen LogP contribution >= 0.6 is 11.3 Å². The summed E-state index contributed by atoms with van der Waals surface area (Å²) >= 11 is 1.68. The third-order valence-electron chi connectivity index (χ3n) is 4.87. The summed E-state index contributed by atoms with van der Waals surface area (Å²) in [6.45, 7) is 6.87. The summed E-state index contributed by atoms with van der Waals surface area (Å²) in [5, 5.41) is 7.77. The van der Waals surface area contributed by atoms with Gasteiger partial charge in [-0.1, -0.05) is 6.92 Å². The topological polar surface area (TPSA) is 41.6 Å². The van der Waals surface area contributed by atoms with Crippen molar-refractivity contribution in [2.45, 2.75) is 63.9 Å². The highest BCUT2D eigenvalue weighted by atomic mass is 32.1. The lowest BCUT2D eigenvalue weighted by Gasteiger charge is -2.43. The number of thiophene rings is 1. The van der Waals surface area contributed by atoms with Gasteiger partial charge in [-0.25, -0.2) is 0 Å². The molecule has 5 heteroatoms. The fraction of sp³-hybridized carbons (Fsp3) is 0.688. The maximum Gasteiger partial charge on any atom is 0.244 e. The molecule has 0 bridgehead atoms. The van der Waals surface area contributed by atoms with Crippen LogP contribution in [0, 0.1) is 0 Å². The molecule has 21 heavy (non-hydrogen) atoms. The van der Waals surface area contributed by atoms with Crippen LogP contribution in [0.25, 0.3) is 0 Å². The van der Waals surface area contributed by atoms with Gasteiger partial charge < -0.3 is 9.64 Å². The fourth-order valence-electron chi connectivity index (χ4n) is 3.28. The summed E-state index contributed by atoms with van der Waals surface area (Å²) < 4.78 is 5.65. The molecule has 1 saturated carbocycles. The van der Waals surface area contributed by atoms with E-state index in [2.05, 4.69) is 34.0 Å². The fourth-order valence-corrected chi connectivity index (χ4v) is 3.96. The zero-order valence-electron chi connectivity index (χ0n) is 13.0. The van der Waals surface area contributed by atoms with E-state index in [1.165, 1.54) is 5.56 Å². The molecule has 1 aliphatic heterocycles. The van der Waals surface area contributed by atoms with Crippen molar-refractivity contribution in [3.05, 3.63) is 22.4 Å². The van der Waals surface area contributed by atoms with Crippen molar-refractivity contribution in [1.29, 1.82) is 0 Å². The first-order chi connectivity index (χ1) is 10.1. The Labute approximate surface area is 130 Å². The summed E-state index contributed by atoms with van der Waals surface area (Å²) in [4.78, 5) is 15.0. The van der Waals surface area contributed by atoms with Crippen LogP contribution in [0.4, 0.5) is 0 Å². The molecule has 4 nitrogen and oxygen atoms in total. The van der Waals surface area contributed by atoms with Gasteiger partial charge in [-0.3, -0.25) is 10.1 Å². The van der Waals surface area contributed by atoms with Gasteiger partial charge in [-0.05, 0) is 55.5 Å². The summed E-state index contributed by atoms with van der Waals surface area (Å²) in [5.74, 6) is 0.237. The van der Waals surface area contributed by atoms with Gasteiger partial charge in [-0.2, -0.15) is 11.3 Å². The Bertz CT molecular complexity index is 498. The quantitative estimate of drug-likeness (QED) is 0.909. The molecule has 0 spiro atoms. The molecule has 3 rings (SSSR count). The molecule has 1 aliphatic carbocycles. The predicted molar refractivity (Wildman–Crippen MR) is 84.2 cm³/mol. The van der Waals surface area contributed by atoms with Gasteiger partial charge in [0.25, 0.3) is 0 Å². The van der Waals surface area contributed by atoms with E-state index in [9.17, 15) is 4.79 Å². The lowest BCUT2D eigenvalue weighted by atomic mass is 9.86. The average Bonchev–Trinajstić information content (AvgIpc) is 3.03. The maximum atomic E-state index is 12.9. The number of ether oxygens (including phenoxy) is 1. The van der Waals surface area contributed by atoms with Crippen molar-refractivity contribution in [3.8, 4) is 0 Å². The number of hydrogen-bond acceptors (Lipinski definition) is 4. The highest BCUT2D eigenvalue weighted by molar-refractivity contribution is 7.07. The minimum absolute atomic E-state index is 0.0151. The standard InChI is InChI=1S/C16H24N2O2S/c1-4-16(3)15(19)18(12-8-13(9-12)20-5-2)14(17-16)11-6-7-21-10-11/h6-7,10,12-14,17H,4-5,8-9H2,1-3H3. The molecule has 1 N–H and O–H groups in total. The van der Waals surface area contributed by atoms with Crippen molar-refractivity contribution in [1.82, 2.24) is 10.2 Å². The Balaban J connectivity index is 1.80. The highest BCUT2D eigenvalue weighted by Crippen LogP contribution is 2.40. The Morgan fingerprint density at radius 2 is 2.24 bits per heavy atom. The normalized spacial score (nSPS) is 36.0. The molecule has 1 saturated heterocycles. The molecule has 0 radical (unpaired) electrons. The minimum atomic E-state index is -0.441. The van der Waals surface area contributed by atoms with Crippen LogP contribution < -0.4 is 5.32 Å². The number of hydrogen-bond donors (Lipinski definition) is 1. The molecule has 2 fully saturated rings. The summed E-state index contributed by atoms with van der Waals surface area (Å²) in [7, 11) is 0. The lowest BCUT2D eigenvalue weighted by Crippen LogP contribution is -2.51. The smallest absolute Gasteiger partial charge is 0.244 e. The monoisotopic (exact) mass is 308 g/mol. The first-order valence-corrected chi connectivity index (χ1v) is 8.77. The summed E-state index contributed by atoms with van der Waals surface area (Å²) in [6.07, 6.45) is 3.07. The number of amides is 1. The Hall–Kier alpha value is -0.910. The van der Waals surface area contributed by atoms with Gasteiger partial charge in [0.15, 0.2) is 0 Å². The van der Waals surface area contributed by atoms with Crippen LogP contribution in [-0.2, 0) is 9.53 Å². The van der Waals surface area contributed by atoms with Crippen molar-refractivity contribution in [2.24, 2.45) is 0 Å². The predicted octanol–water partition coefficient (Wildman–Crippen LogP) is 2.91. The van der Waals surface area contributed by atoms with Crippen LogP contribution in [0.5, 0.6) is 0 Å². The van der Waals surface area contributed by atoms with Crippen molar-refractivity contribution < 1.29 is 9.53 Å². The molecule has 0 aromatic carbocycles. The number of nitrogens with zero attached hydrogens (tertiary/aromatic N) is 1. The molecule has 2 heterocycles. The Kier molecular flexibility index (Phi) is 4.08. The van der Waals surface area contributed by atoms with Gasteiger partial charge >= 0.3 is 0 Å². The third-order valence-corrected chi connectivity index (χ3v) is 5.57. The van der Waals surface area contributed by atoms with E-state index in [1.807, 2.05) is 13.8 Å². The van der Waals surface area contributed by atoms with Gasteiger partial charge in [-0.15, -0.1) is 0 Å².